The van der Waals surface area contributed by atoms with Crippen molar-refractivity contribution in [2.45, 2.75) is 12.2 Å². The second-order valence-corrected chi connectivity index (χ2v) is 3.99. The highest BCUT2D eigenvalue weighted by atomic mass is 16.3. The zero-order valence-electron chi connectivity index (χ0n) is 10.0. The first-order valence-corrected chi connectivity index (χ1v) is 5.69. The fourth-order valence-electron chi connectivity index (χ4n) is 1.78. The summed E-state index contributed by atoms with van der Waals surface area (Å²) < 4.78 is 0. The van der Waals surface area contributed by atoms with E-state index < -0.39 is 12.2 Å². The molecule has 19 heavy (non-hydrogen) atoms. The van der Waals surface area contributed by atoms with Crippen molar-refractivity contribution in [2.75, 3.05) is 6.54 Å². The molecule has 2 rings (SSSR count). The predicted molar refractivity (Wildman–Crippen MR) is 69.0 cm³/mol. The maximum absolute atomic E-state index is 10.1. The first-order chi connectivity index (χ1) is 9.24. The normalized spacial score (nSPS) is 13.6. The number of benzene rings is 1. The maximum Gasteiger partial charge on any atom is 0.109 e. The van der Waals surface area contributed by atoms with Gasteiger partial charge >= 0.3 is 0 Å². The van der Waals surface area contributed by atoms with E-state index in [4.69, 9.17) is 5.53 Å². The minimum atomic E-state index is -1.17. The zero-order chi connectivity index (χ0) is 13.7. The molecular formula is C12H13N5O2. The minimum absolute atomic E-state index is 0.197. The van der Waals surface area contributed by atoms with E-state index in [1.807, 2.05) is 30.3 Å². The van der Waals surface area contributed by atoms with Crippen LogP contribution in [0.25, 0.3) is 21.7 Å². The van der Waals surface area contributed by atoms with Gasteiger partial charge in [-0.1, -0.05) is 35.4 Å². The number of azide groups is 1. The van der Waals surface area contributed by atoms with Crippen LogP contribution >= 0.6 is 0 Å². The van der Waals surface area contributed by atoms with Crippen LogP contribution in [0.2, 0.25) is 0 Å². The van der Waals surface area contributed by atoms with E-state index in [1.54, 1.807) is 0 Å². The van der Waals surface area contributed by atoms with Crippen molar-refractivity contribution in [2.24, 2.45) is 5.11 Å². The van der Waals surface area contributed by atoms with Gasteiger partial charge in [-0.15, -0.1) is 0 Å². The molecule has 0 amide bonds. The van der Waals surface area contributed by atoms with Gasteiger partial charge in [0, 0.05) is 10.5 Å². The largest absolute Gasteiger partial charge is 0.390 e. The molecule has 0 saturated heterocycles. The number of rotatable bonds is 5. The van der Waals surface area contributed by atoms with E-state index in [0.29, 0.717) is 11.3 Å². The van der Waals surface area contributed by atoms with Crippen LogP contribution in [0.5, 0.6) is 0 Å². The third-order valence-corrected chi connectivity index (χ3v) is 2.75. The van der Waals surface area contributed by atoms with Crippen LogP contribution in [0.3, 0.4) is 0 Å². The van der Waals surface area contributed by atoms with Crippen molar-refractivity contribution in [1.29, 1.82) is 0 Å². The van der Waals surface area contributed by atoms with Gasteiger partial charge in [-0.25, -0.2) is 0 Å². The van der Waals surface area contributed by atoms with E-state index in [-0.39, 0.29) is 6.54 Å². The standard InChI is InChI=1S/C12H13N5O2/c13-17-15-7-10(18)12(19)9-6-14-16-11(9)8-4-2-1-3-5-8/h1-6,10,12,18-19H,7H2,(H,14,16). The second kappa shape index (κ2) is 6.01. The van der Waals surface area contributed by atoms with Crippen LogP contribution in [-0.2, 0) is 0 Å². The topological polar surface area (TPSA) is 118 Å². The van der Waals surface area contributed by atoms with Crippen LogP contribution in [0.4, 0.5) is 0 Å². The summed E-state index contributed by atoms with van der Waals surface area (Å²) in [5.74, 6) is 0. The zero-order valence-corrected chi connectivity index (χ0v) is 10.0. The highest BCUT2D eigenvalue weighted by molar-refractivity contribution is 5.62. The van der Waals surface area contributed by atoms with Gasteiger partial charge < -0.3 is 10.2 Å². The lowest BCUT2D eigenvalue weighted by atomic mass is 10.0. The van der Waals surface area contributed by atoms with E-state index in [1.165, 1.54) is 6.20 Å². The van der Waals surface area contributed by atoms with Crippen LogP contribution < -0.4 is 0 Å². The Morgan fingerprint density at radius 2 is 2.05 bits per heavy atom. The number of aliphatic hydroxyl groups excluding tert-OH is 2. The molecule has 0 bridgehead atoms. The number of hydrogen-bond acceptors (Lipinski definition) is 4. The van der Waals surface area contributed by atoms with Crippen LogP contribution in [0.1, 0.15) is 11.7 Å². The van der Waals surface area contributed by atoms with Gasteiger partial charge in [0.25, 0.3) is 0 Å². The van der Waals surface area contributed by atoms with Crippen molar-refractivity contribution < 1.29 is 10.2 Å². The molecule has 0 aliphatic carbocycles. The fraction of sp³-hybridized carbons (Fsp3) is 0.250. The molecule has 2 aromatic rings. The number of nitrogens with one attached hydrogen (secondary N) is 1. The molecule has 1 heterocycles. The summed E-state index contributed by atoms with van der Waals surface area (Å²) in [5.41, 5.74) is 10.2. The van der Waals surface area contributed by atoms with E-state index in [2.05, 4.69) is 20.2 Å². The number of aromatic amines is 1. The molecule has 1 aromatic carbocycles. The molecule has 0 radical (unpaired) electrons. The van der Waals surface area contributed by atoms with Gasteiger partial charge in [-0.3, -0.25) is 5.10 Å². The Labute approximate surface area is 109 Å². The smallest absolute Gasteiger partial charge is 0.109 e. The van der Waals surface area contributed by atoms with Gasteiger partial charge in [0.2, 0.25) is 0 Å². The average Bonchev–Trinajstić information content (AvgIpc) is 2.94. The second-order valence-electron chi connectivity index (χ2n) is 3.99. The maximum atomic E-state index is 10.1. The van der Waals surface area contributed by atoms with E-state index in [9.17, 15) is 10.2 Å². The van der Waals surface area contributed by atoms with Crippen molar-refractivity contribution >= 4 is 0 Å². The molecule has 98 valence electrons. The Morgan fingerprint density at radius 1 is 1.32 bits per heavy atom. The van der Waals surface area contributed by atoms with Crippen molar-refractivity contribution in [3.05, 3.63) is 52.5 Å². The highest BCUT2D eigenvalue weighted by Crippen LogP contribution is 2.27. The quantitative estimate of drug-likeness (QED) is 0.431. The van der Waals surface area contributed by atoms with Crippen molar-refractivity contribution in [3.8, 4) is 11.3 Å². The fourth-order valence-corrected chi connectivity index (χ4v) is 1.78. The monoisotopic (exact) mass is 259 g/mol. The number of nitrogens with zero attached hydrogens (tertiary/aromatic N) is 4. The summed E-state index contributed by atoms with van der Waals surface area (Å²) in [6.07, 6.45) is -0.887. The summed E-state index contributed by atoms with van der Waals surface area (Å²) in [4.78, 5) is 2.55. The molecule has 0 saturated carbocycles. The molecule has 0 fully saturated rings. The third-order valence-electron chi connectivity index (χ3n) is 2.75. The van der Waals surface area contributed by atoms with Crippen molar-refractivity contribution in [1.82, 2.24) is 10.2 Å². The number of H-pyrrole nitrogens is 1. The first kappa shape index (κ1) is 13.1. The Hall–Kier alpha value is -2.34. The minimum Gasteiger partial charge on any atom is -0.390 e. The van der Waals surface area contributed by atoms with Gasteiger partial charge in [-0.2, -0.15) is 5.10 Å². The summed E-state index contributed by atoms with van der Waals surface area (Å²) >= 11 is 0. The molecule has 0 spiro atoms. The summed E-state index contributed by atoms with van der Waals surface area (Å²) in [6.45, 7) is -0.197. The lowest BCUT2D eigenvalue weighted by Gasteiger charge is -2.16. The van der Waals surface area contributed by atoms with E-state index >= 15 is 0 Å². The highest BCUT2D eigenvalue weighted by Gasteiger charge is 2.22. The predicted octanol–water partition coefficient (Wildman–Crippen LogP) is 1.78. The van der Waals surface area contributed by atoms with Crippen LogP contribution in [0, 0.1) is 0 Å². The SMILES string of the molecule is [N-]=[N+]=NCC(O)C(O)c1cn[nH]c1-c1ccccc1. The third kappa shape index (κ3) is 2.92. The van der Waals surface area contributed by atoms with Crippen molar-refractivity contribution in [3.63, 3.8) is 0 Å². The Bertz CT molecular complexity index is 577. The first-order valence-electron chi connectivity index (χ1n) is 5.69. The Morgan fingerprint density at radius 3 is 2.74 bits per heavy atom. The van der Waals surface area contributed by atoms with Gasteiger partial charge in [0.15, 0.2) is 0 Å². The summed E-state index contributed by atoms with van der Waals surface area (Å²) in [5, 5.41) is 29.7. The van der Waals surface area contributed by atoms with Gasteiger partial charge in [0.05, 0.1) is 24.5 Å². The van der Waals surface area contributed by atoms with Crippen LogP contribution in [0.15, 0.2) is 41.6 Å². The molecular weight excluding hydrogens is 246 g/mol. The lowest BCUT2D eigenvalue weighted by molar-refractivity contribution is 0.0247. The molecule has 1 aromatic heterocycles. The van der Waals surface area contributed by atoms with Gasteiger partial charge in [-0.05, 0) is 11.1 Å². The molecule has 7 nitrogen and oxygen atoms in total. The molecule has 2 atom stereocenters. The lowest BCUT2D eigenvalue weighted by Crippen LogP contribution is -2.21. The average molecular weight is 259 g/mol. The van der Waals surface area contributed by atoms with E-state index in [0.717, 1.165) is 5.56 Å². The number of aromatic nitrogens is 2. The molecule has 3 N–H and O–H groups in total. The summed E-state index contributed by atoms with van der Waals surface area (Å²) in [6, 6.07) is 9.34. The Kier molecular flexibility index (Phi) is 4.15. The summed E-state index contributed by atoms with van der Waals surface area (Å²) in [7, 11) is 0. The van der Waals surface area contributed by atoms with Gasteiger partial charge in [0.1, 0.15) is 6.10 Å². The Balaban J connectivity index is 2.27. The van der Waals surface area contributed by atoms with Crippen LogP contribution in [-0.4, -0.2) is 33.1 Å². The molecule has 0 aliphatic heterocycles. The molecule has 7 heteroatoms. The molecule has 2 unspecified atom stereocenters. The number of hydrogen-bond donors (Lipinski definition) is 3. The number of aliphatic hydroxyl groups is 2. The molecule has 0 aliphatic rings.